The second-order valence-corrected chi connectivity index (χ2v) is 8.75. The van der Waals surface area contributed by atoms with Crippen molar-refractivity contribution in [1.82, 2.24) is 15.4 Å². The van der Waals surface area contributed by atoms with Gasteiger partial charge < -0.3 is 21.1 Å². The van der Waals surface area contributed by atoms with E-state index in [4.69, 9.17) is 15.9 Å². The molecule has 6 N–H and O–H groups in total. The molecule has 2 aromatic rings. The van der Waals surface area contributed by atoms with Crippen molar-refractivity contribution in [2.75, 3.05) is 19.7 Å². The van der Waals surface area contributed by atoms with Gasteiger partial charge in [-0.2, -0.15) is 4.72 Å². The maximum absolute atomic E-state index is 12.5. The van der Waals surface area contributed by atoms with Crippen molar-refractivity contribution in [3.05, 3.63) is 65.7 Å². The summed E-state index contributed by atoms with van der Waals surface area (Å²) in [5.41, 5.74) is 6.19. The van der Waals surface area contributed by atoms with E-state index < -0.39 is 33.8 Å². The minimum absolute atomic E-state index is 0.0128. The van der Waals surface area contributed by atoms with Crippen molar-refractivity contribution in [2.45, 2.75) is 24.3 Å². The number of benzene rings is 2. The molecule has 0 radical (unpaired) electrons. The average molecular weight is 490 g/mol. The van der Waals surface area contributed by atoms with Crippen LogP contribution >= 0.6 is 0 Å². The van der Waals surface area contributed by atoms with Crippen LogP contribution in [0.15, 0.2) is 59.5 Å². The van der Waals surface area contributed by atoms with Gasteiger partial charge in [0.05, 0.1) is 11.5 Å². The van der Waals surface area contributed by atoms with Crippen LogP contribution in [0.5, 0.6) is 0 Å². The molecular formula is C22H27N5O6S. The number of esters is 1. The number of hydrogen-bond acceptors (Lipinski definition) is 7. The molecule has 0 bridgehead atoms. The zero-order valence-electron chi connectivity index (χ0n) is 18.5. The van der Waals surface area contributed by atoms with E-state index >= 15 is 0 Å². The van der Waals surface area contributed by atoms with Gasteiger partial charge in [0.2, 0.25) is 15.9 Å². The Labute approximate surface area is 197 Å². The zero-order valence-corrected chi connectivity index (χ0v) is 19.4. The maximum atomic E-state index is 12.5. The Morgan fingerprint density at radius 1 is 1.00 bits per heavy atom. The molecule has 0 saturated heterocycles. The van der Waals surface area contributed by atoms with E-state index in [-0.39, 0.29) is 36.8 Å². The lowest BCUT2D eigenvalue weighted by atomic mass is 10.1. The molecule has 34 heavy (non-hydrogen) atoms. The van der Waals surface area contributed by atoms with Gasteiger partial charge in [0.25, 0.3) is 5.91 Å². The SMILES string of the molecule is CCOC(=O)[C@H](CNC(=O)CCNC(=O)c1ccc(C(=N)N)cc1)NS(=O)(=O)c1ccccc1. The van der Waals surface area contributed by atoms with Gasteiger partial charge in [-0.1, -0.05) is 30.3 Å². The summed E-state index contributed by atoms with van der Waals surface area (Å²) in [5, 5.41) is 12.4. The van der Waals surface area contributed by atoms with Crippen LogP contribution in [0.3, 0.4) is 0 Å². The highest BCUT2D eigenvalue weighted by Gasteiger charge is 2.27. The fraction of sp³-hybridized carbons (Fsp3) is 0.273. The minimum atomic E-state index is -4.02. The number of amidine groups is 1. The Hall–Kier alpha value is -3.77. The Kier molecular flexibility index (Phi) is 9.71. The number of rotatable bonds is 12. The molecule has 0 unspecified atom stereocenters. The van der Waals surface area contributed by atoms with Crippen LogP contribution in [0, 0.1) is 5.41 Å². The number of ether oxygens (including phenoxy) is 1. The number of nitrogens with two attached hydrogens (primary N) is 1. The molecular weight excluding hydrogens is 462 g/mol. The molecule has 182 valence electrons. The molecule has 0 aromatic heterocycles. The summed E-state index contributed by atoms with van der Waals surface area (Å²) in [7, 11) is -4.02. The highest BCUT2D eigenvalue weighted by atomic mass is 32.2. The molecule has 1 atom stereocenters. The second kappa shape index (κ2) is 12.5. The Balaban J connectivity index is 1.88. The topological polar surface area (TPSA) is 181 Å². The van der Waals surface area contributed by atoms with Gasteiger partial charge >= 0.3 is 5.97 Å². The zero-order chi connectivity index (χ0) is 25.1. The van der Waals surface area contributed by atoms with Gasteiger partial charge in [0, 0.05) is 30.6 Å². The number of nitrogens with one attached hydrogen (secondary N) is 4. The highest BCUT2D eigenvalue weighted by molar-refractivity contribution is 7.89. The Morgan fingerprint density at radius 3 is 2.21 bits per heavy atom. The van der Waals surface area contributed by atoms with Crippen LogP contribution in [0.1, 0.15) is 29.3 Å². The monoisotopic (exact) mass is 489 g/mol. The summed E-state index contributed by atoms with van der Waals surface area (Å²) in [6.07, 6.45) is -0.0990. The summed E-state index contributed by atoms with van der Waals surface area (Å²) in [5.74, 6) is -1.86. The van der Waals surface area contributed by atoms with E-state index in [0.717, 1.165) is 0 Å². The maximum Gasteiger partial charge on any atom is 0.326 e. The lowest BCUT2D eigenvalue weighted by Crippen LogP contribution is -2.49. The van der Waals surface area contributed by atoms with Crippen molar-refractivity contribution in [3.63, 3.8) is 0 Å². The molecule has 0 fully saturated rings. The largest absolute Gasteiger partial charge is 0.465 e. The van der Waals surface area contributed by atoms with Crippen molar-refractivity contribution in [1.29, 1.82) is 5.41 Å². The first-order chi connectivity index (χ1) is 16.1. The molecule has 12 heteroatoms. The third-order valence-electron chi connectivity index (χ3n) is 4.52. The van der Waals surface area contributed by atoms with Gasteiger partial charge in [-0.3, -0.25) is 19.8 Å². The normalized spacial score (nSPS) is 11.8. The standard InChI is InChI=1S/C22H27N5O6S/c1-2-33-22(30)18(27-34(31,32)17-6-4-3-5-7-17)14-26-19(28)12-13-25-21(29)16-10-8-15(9-11-16)20(23)24/h3-11,18,27H,2,12-14H2,1H3,(H3,23,24)(H,25,29)(H,26,28)/t18-/m0/s1. The van der Waals surface area contributed by atoms with E-state index in [0.29, 0.717) is 11.1 Å². The quantitative estimate of drug-likeness (QED) is 0.159. The Morgan fingerprint density at radius 2 is 1.62 bits per heavy atom. The molecule has 0 saturated carbocycles. The van der Waals surface area contributed by atoms with E-state index in [9.17, 15) is 22.8 Å². The van der Waals surface area contributed by atoms with Crippen molar-refractivity contribution in [3.8, 4) is 0 Å². The second-order valence-electron chi connectivity index (χ2n) is 7.04. The third-order valence-corrected chi connectivity index (χ3v) is 6.01. The van der Waals surface area contributed by atoms with Crippen LogP contribution in [-0.4, -0.2) is 57.8 Å². The molecule has 0 aliphatic carbocycles. The van der Waals surface area contributed by atoms with Crippen LogP contribution < -0.4 is 21.1 Å². The Bertz CT molecular complexity index is 1120. The van der Waals surface area contributed by atoms with E-state index in [1.807, 2.05) is 0 Å². The summed E-state index contributed by atoms with van der Waals surface area (Å²) < 4.78 is 32.2. The first-order valence-corrected chi connectivity index (χ1v) is 11.9. The lowest BCUT2D eigenvalue weighted by Gasteiger charge is -2.18. The summed E-state index contributed by atoms with van der Waals surface area (Å²) in [6.45, 7) is 1.30. The van der Waals surface area contributed by atoms with Crippen molar-refractivity contribution < 1.29 is 27.5 Å². The smallest absolute Gasteiger partial charge is 0.326 e. The number of amides is 2. The number of nitrogen functional groups attached to an aromatic ring is 1. The molecule has 2 rings (SSSR count). The first-order valence-electron chi connectivity index (χ1n) is 10.4. The molecule has 0 heterocycles. The van der Waals surface area contributed by atoms with Crippen LogP contribution in [0.2, 0.25) is 0 Å². The number of carbonyl (C=O) groups is 3. The number of hydrogen-bond donors (Lipinski definition) is 5. The lowest BCUT2D eigenvalue weighted by molar-refractivity contribution is -0.145. The van der Waals surface area contributed by atoms with Crippen LogP contribution in [0.25, 0.3) is 0 Å². The van der Waals surface area contributed by atoms with Crippen molar-refractivity contribution >= 4 is 33.6 Å². The minimum Gasteiger partial charge on any atom is -0.465 e. The van der Waals surface area contributed by atoms with Gasteiger partial charge in [-0.15, -0.1) is 0 Å². The molecule has 0 aliphatic heterocycles. The predicted molar refractivity (Wildman–Crippen MR) is 125 cm³/mol. The summed E-state index contributed by atoms with van der Waals surface area (Å²) in [4.78, 5) is 36.5. The van der Waals surface area contributed by atoms with Gasteiger partial charge in [-0.05, 0) is 31.2 Å². The molecule has 2 amide bonds. The average Bonchev–Trinajstić information content (AvgIpc) is 2.82. The van der Waals surface area contributed by atoms with E-state index in [1.165, 1.54) is 36.4 Å². The van der Waals surface area contributed by atoms with Crippen LogP contribution in [-0.2, 0) is 24.3 Å². The van der Waals surface area contributed by atoms with Crippen molar-refractivity contribution in [2.24, 2.45) is 5.73 Å². The number of sulfonamides is 1. The fourth-order valence-corrected chi connectivity index (χ4v) is 3.97. The fourth-order valence-electron chi connectivity index (χ4n) is 2.77. The van der Waals surface area contributed by atoms with E-state index in [2.05, 4.69) is 15.4 Å². The molecule has 11 nitrogen and oxygen atoms in total. The van der Waals surface area contributed by atoms with Gasteiger partial charge in [0.15, 0.2) is 0 Å². The summed E-state index contributed by atoms with van der Waals surface area (Å²) in [6, 6.07) is 12.3. The van der Waals surface area contributed by atoms with Gasteiger partial charge in [0.1, 0.15) is 11.9 Å². The number of carbonyl (C=O) groups excluding carboxylic acids is 3. The molecule has 0 spiro atoms. The van der Waals surface area contributed by atoms with E-state index in [1.54, 1.807) is 25.1 Å². The highest BCUT2D eigenvalue weighted by Crippen LogP contribution is 2.08. The van der Waals surface area contributed by atoms with Gasteiger partial charge in [-0.25, -0.2) is 8.42 Å². The third kappa shape index (κ3) is 7.98. The first kappa shape index (κ1) is 26.5. The summed E-state index contributed by atoms with van der Waals surface area (Å²) >= 11 is 0. The predicted octanol–water partition coefficient (Wildman–Crippen LogP) is 0.117. The molecule has 0 aliphatic rings. The van der Waals surface area contributed by atoms with Crippen LogP contribution in [0.4, 0.5) is 0 Å². The molecule has 2 aromatic carbocycles.